The summed E-state index contributed by atoms with van der Waals surface area (Å²) in [6.45, 7) is 8.41. The molecule has 2 heterocycles. The monoisotopic (exact) mass is 395 g/mol. The number of hydrogen-bond donors (Lipinski definition) is 1. The van der Waals surface area contributed by atoms with Gasteiger partial charge in [-0.25, -0.2) is 0 Å². The average Bonchev–Trinajstić information content (AvgIpc) is 3.26. The van der Waals surface area contributed by atoms with E-state index in [4.69, 9.17) is 14.2 Å². The molecule has 0 saturated heterocycles. The summed E-state index contributed by atoms with van der Waals surface area (Å²) < 4.78 is 11.1. The number of hydrogen-bond acceptors (Lipinski definition) is 6. The Kier molecular flexibility index (Phi) is 4.76. The summed E-state index contributed by atoms with van der Waals surface area (Å²) in [5.74, 6) is 0.972. The van der Waals surface area contributed by atoms with Gasteiger partial charge in [0.2, 0.25) is 5.82 Å². The quantitative estimate of drug-likeness (QED) is 0.676. The highest BCUT2D eigenvalue weighted by Crippen LogP contribution is 2.39. The lowest BCUT2D eigenvalue weighted by Gasteiger charge is -2.27. The van der Waals surface area contributed by atoms with Crippen molar-refractivity contribution in [3.8, 4) is 23.0 Å². The van der Waals surface area contributed by atoms with Gasteiger partial charge in [-0.05, 0) is 67.3 Å². The molecule has 3 aromatic rings. The second-order valence-corrected chi connectivity index (χ2v) is 8.68. The topological polar surface area (TPSA) is 102 Å². The summed E-state index contributed by atoms with van der Waals surface area (Å²) in [6.07, 6.45) is 3.42. The summed E-state index contributed by atoms with van der Waals surface area (Å²) in [6, 6.07) is 3.94. The molecule has 1 aromatic carbocycles. The van der Waals surface area contributed by atoms with Crippen LogP contribution in [0, 0.1) is 19.3 Å². The van der Waals surface area contributed by atoms with Crippen molar-refractivity contribution in [1.29, 1.82) is 0 Å². The molecule has 2 aromatic heterocycles. The molecule has 152 valence electrons. The lowest BCUT2D eigenvalue weighted by molar-refractivity contribution is -0.136. The van der Waals surface area contributed by atoms with Gasteiger partial charge in [-0.15, -0.1) is 0 Å². The maximum atomic E-state index is 10.9. The SMILES string of the molecule is Cc1cc(-c2noc(-c3noc4c3CCC(C)(C)C4)n2)cc(C)c1CCC(=O)O. The van der Waals surface area contributed by atoms with Crippen LogP contribution in [0.1, 0.15) is 54.7 Å². The molecule has 0 fully saturated rings. The highest BCUT2D eigenvalue weighted by molar-refractivity contribution is 5.68. The summed E-state index contributed by atoms with van der Waals surface area (Å²) in [5, 5.41) is 17.3. The van der Waals surface area contributed by atoms with E-state index in [0.29, 0.717) is 23.8 Å². The Bertz CT molecular complexity index is 1050. The number of carboxylic acids is 1. The largest absolute Gasteiger partial charge is 0.481 e. The normalized spacial score (nSPS) is 15.3. The first-order valence-electron chi connectivity index (χ1n) is 9.87. The van der Waals surface area contributed by atoms with Crippen molar-refractivity contribution in [3.05, 3.63) is 40.1 Å². The van der Waals surface area contributed by atoms with Gasteiger partial charge in [0.05, 0.1) is 0 Å². The Labute approximate surface area is 169 Å². The zero-order valence-corrected chi connectivity index (χ0v) is 17.2. The van der Waals surface area contributed by atoms with Crippen molar-refractivity contribution >= 4 is 5.97 Å². The zero-order valence-electron chi connectivity index (χ0n) is 17.2. The minimum absolute atomic E-state index is 0.113. The molecule has 0 amide bonds. The molecule has 7 nitrogen and oxygen atoms in total. The maximum Gasteiger partial charge on any atom is 0.303 e. The maximum absolute atomic E-state index is 10.9. The molecule has 0 spiro atoms. The van der Waals surface area contributed by atoms with Gasteiger partial charge in [-0.3, -0.25) is 4.79 Å². The van der Waals surface area contributed by atoms with Crippen LogP contribution < -0.4 is 0 Å². The molecule has 29 heavy (non-hydrogen) atoms. The van der Waals surface area contributed by atoms with Crippen LogP contribution in [-0.4, -0.2) is 26.4 Å². The third-order valence-corrected chi connectivity index (χ3v) is 5.73. The molecular weight excluding hydrogens is 370 g/mol. The van der Waals surface area contributed by atoms with Gasteiger partial charge >= 0.3 is 5.97 Å². The van der Waals surface area contributed by atoms with Crippen molar-refractivity contribution < 1.29 is 18.9 Å². The molecule has 0 atom stereocenters. The Morgan fingerprint density at radius 3 is 2.59 bits per heavy atom. The Morgan fingerprint density at radius 1 is 1.17 bits per heavy atom. The molecule has 4 rings (SSSR count). The molecule has 1 aliphatic carbocycles. The number of aryl methyl sites for hydroxylation is 2. The predicted octanol–water partition coefficient (Wildman–Crippen LogP) is 4.54. The van der Waals surface area contributed by atoms with Crippen molar-refractivity contribution in [2.24, 2.45) is 5.41 Å². The van der Waals surface area contributed by atoms with E-state index in [0.717, 1.165) is 52.8 Å². The Balaban J connectivity index is 1.62. The molecule has 0 bridgehead atoms. The van der Waals surface area contributed by atoms with Crippen LogP contribution in [0.15, 0.2) is 21.2 Å². The fraction of sp³-hybridized carbons (Fsp3) is 0.455. The number of carbonyl (C=O) groups is 1. The molecule has 0 radical (unpaired) electrons. The number of carboxylic acid groups (broad SMARTS) is 1. The highest BCUT2D eigenvalue weighted by Gasteiger charge is 2.32. The molecule has 1 aliphatic rings. The average molecular weight is 395 g/mol. The zero-order chi connectivity index (χ0) is 20.8. The first-order chi connectivity index (χ1) is 13.7. The van der Waals surface area contributed by atoms with Crippen LogP contribution in [0.5, 0.6) is 0 Å². The van der Waals surface area contributed by atoms with Gasteiger partial charge in [0.15, 0.2) is 5.69 Å². The van der Waals surface area contributed by atoms with Crippen LogP contribution in [0.25, 0.3) is 23.0 Å². The minimum atomic E-state index is -0.796. The highest BCUT2D eigenvalue weighted by atomic mass is 16.5. The number of benzene rings is 1. The summed E-state index contributed by atoms with van der Waals surface area (Å²) in [4.78, 5) is 15.4. The van der Waals surface area contributed by atoms with Gasteiger partial charge in [0.1, 0.15) is 5.76 Å². The Morgan fingerprint density at radius 2 is 1.90 bits per heavy atom. The lowest BCUT2D eigenvalue weighted by atomic mass is 9.77. The predicted molar refractivity (Wildman–Crippen MR) is 106 cm³/mol. The second kappa shape index (κ2) is 7.13. The van der Waals surface area contributed by atoms with Gasteiger partial charge in [-0.2, -0.15) is 4.98 Å². The molecule has 7 heteroatoms. The number of aliphatic carboxylic acids is 1. The van der Waals surface area contributed by atoms with E-state index in [9.17, 15) is 4.79 Å². The third-order valence-electron chi connectivity index (χ3n) is 5.73. The van der Waals surface area contributed by atoms with Gasteiger partial charge in [0.25, 0.3) is 5.89 Å². The van der Waals surface area contributed by atoms with Crippen molar-refractivity contribution in [3.63, 3.8) is 0 Å². The van der Waals surface area contributed by atoms with Gasteiger partial charge < -0.3 is 14.2 Å². The lowest BCUT2D eigenvalue weighted by Crippen LogP contribution is -2.21. The van der Waals surface area contributed by atoms with E-state index in [2.05, 4.69) is 29.1 Å². The number of aromatic nitrogens is 3. The van der Waals surface area contributed by atoms with Gasteiger partial charge in [0, 0.05) is 24.0 Å². The number of nitrogens with zero attached hydrogens (tertiary/aromatic N) is 3. The number of fused-ring (bicyclic) bond motifs is 1. The second-order valence-electron chi connectivity index (χ2n) is 8.68. The fourth-order valence-corrected chi connectivity index (χ4v) is 4.08. The smallest absolute Gasteiger partial charge is 0.303 e. The van der Waals surface area contributed by atoms with E-state index >= 15 is 0 Å². The van der Waals surface area contributed by atoms with Crippen LogP contribution in [-0.2, 0) is 24.1 Å². The third kappa shape index (κ3) is 3.81. The van der Waals surface area contributed by atoms with Crippen LogP contribution >= 0.6 is 0 Å². The van der Waals surface area contributed by atoms with Crippen LogP contribution in [0.2, 0.25) is 0 Å². The fourth-order valence-electron chi connectivity index (χ4n) is 4.08. The van der Waals surface area contributed by atoms with Crippen molar-refractivity contribution in [2.75, 3.05) is 0 Å². The van der Waals surface area contributed by atoms with E-state index in [1.807, 2.05) is 26.0 Å². The minimum Gasteiger partial charge on any atom is -0.481 e. The van der Waals surface area contributed by atoms with Crippen LogP contribution in [0.3, 0.4) is 0 Å². The van der Waals surface area contributed by atoms with Crippen molar-refractivity contribution in [2.45, 2.75) is 59.8 Å². The van der Waals surface area contributed by atoms with E-state index in [1.54, 1.807) is 0 Å². The van der Waals surface area contributed by atoms with E-state index in [1.165, 1.54) is 0 Å². The van der Waals surface area contributed by atoms with Crippen molar-refractivity contribution in [1.82, 2.24) is 15.3 Å². The standard InChI is InChI=1S/C22H25N3O4/c1-12-9-14(10-13(2)15(12)5-6-18(26)27)20-23-21(29-25-20)19-16-7-8-22(3,4)11-17(16)28-24-19/h9-10H,5-8,11H2,1-4H3,(H,26,27). The summed E-state index contributed by atoms with van der Waals surface area (Å²) in [7, 11) is 0. The number of rotatable bonds is 5. The molecular formula is C22H25N3O4. The Hall–Kier alpha value is -2.96. The molecule has 0 unspecified atom stereocenters. The summed E-state index contributed by atoms with van der Waals surface area (Å²) in [5.41, 5.74) is 5.85. The van der Waals surface area contributed by atoms with Gasteiger partial charge in [-0.1, -0.05) is 24.2 Å². The first kappa shape index (κ1) is 19.4. The first-order valence-corrected chi connectivity index (χ1v) is 9.87. The van der Waals surface area contributed by atoms with E-state index in [-0.39, 0.29) is 11.8 Å². The molecule has 1 N–H and O–H groups in total. The van der Waals surface area contributed by atoms with Crippen LogP contribution in [0.4, 0.5) is 0 Å². The summed E-state index contributed by atoms with van der Waals surface area (Å²) >= 11 is 0. The molecule has 0 aliphatic heterocycles. The van der Waals surface area contributed by atoms with E-state index < -0.39 is 5.97 Å². The molecule has 0 saturated carbocycles.